The van der Waals surface area contributed by atoms with Crippen LogP contribution in [0.5, 0.6) is 5.75 Å². The summed E-state index contributed by atoms with van der Waals surface area (Å²) in [5, 5.41) is 0. The number of halogens is 3. The summed E-state index contributed by atoms with van der Waals surface area (Å²) in [5.41, 5.74) is 9.65. The lowest BCUT2D eigenvalue weighted by atomic mass is 10.0. The van der Waals surface area contributed by atoms with Crippen molar-refractivity contribution in [3.63, 3.8) is 0 Å². The van der Waals surface area contributed by atoms with E-state index in [1.165, 1.54) is 6.07 Å². The van der Waals surface area contributed by atoms with Gasteiger partial charge in [0.25, 0.3) is 0 Å². The number of nitrogens with two attached hydrogens (primary N) is 1. The third kappa shape index (κ3) is 6.07. The number of carbonyl (C=O) groups excluding carboxylic acids is 1. The fourth-order valence-electron chi connectivity index (χ4n) is 4.71. The van der Waals surface area contributed by atoms with Crippen LogP contribution in [0.15, 0.2) is 36.4 Å². The van der Waals surface area contributed by atoms with E-state index in [9.17, 15) is 18.0 Å². The van der Waals surface area contributed by atoms with E-state index in [4.69, 9.17) is 20.4 Å². The maximum Gasteiger partial charge on any atom is 0.416 e. The number of nitrogens with zero attached hydrogens (tertiary/aromatic N) is 4. The van der Waals surface area contributed by atoms with E-state index >= 15 is 0 Å². The Balaban J connectivity index is 1.71. The zero-order chi connectivity index (χ0) is 27.6. The van der Waals surface area contributed by atoms with Gasteiger partial charge in [-0.25, -0.2) is 9.97 Å². The zero-order valence-corrected chi connectivity index (χ0v) is 22.0. The molecule has 3 aromatic rings. The third-order valence-electron chi connectivity index (χ3n) is 6.84. The molecule has 2 aromatic carbocycles. The summed E-state index contributed by atoms with van der Waals surface area (Å²) in [6, 6.07) is 9.49. The number of anilines is 1. The number of carbonyl (C=O) groups is 1. The number of piperazine rings is 1. The minimum absolute atomic E-state index is 0.0118. The van der Waals surface area contributed by atoms with E-state index in [2.05, 4.69) is 4.90 Å². The minimum Gasteiger partial charge on any atom is -0.488 e. The molecule has 0 unspecified atom stereocenters. The van der Waals surface area contributed by atoms with E-state index < -0.39 is 11.7 Å². The Labute approximate surface area is 220 Å². The van der Waals surface area contributed by atoms with E-state index in [-0.39, 0.29) is 24.8 Å². The molecule has 7 nitrogen and oxygen atoms in total. The first-order valence-corrected chi connectivity index (χ1v) is 12.4. The standard InChI is InChI=1S/C28H32F3N5O2/c1-17-8-9-21(28(29,30)31)14-23(17)38-16-22-20(4)33-26(25-18(2)6-5-7-19(25)3)34-27(22)36-12-10-35(11-13-36)15-24(32)37/h5-9,14H,10-13,15-16H2,1-4H3,(H2,32,37). The quantitative estimate of drug-likeness (QED) is 0.484. The molecule has 2 N–H and O–H groups in total. The summed E-state index contributed by atoms with van der Waals surface area (Å²) < 4.78 is 45.9. The molecular formula is C28H32F3N5O2. The molecule has 0 atom stereocenters. The Morgan fingerprint density at radius 2 is 1.63 bits per heavy atom. The average Bonchev–Trinajstić information content (AvgIpc) is 2.83. The molecule has 4 rings (SSSR count). The molecule has 1 aliphatic rings. The highest BCUT2D eigenvalue weighted by atomic mass is 19.4. The molecule has 202 valence electrons. The van der Waals surface area contributed by atoms with E-state index in [0.717, 1.165) is 28.8 Å². The monoisotopic (exact) mass is 527 g/mol. The normalized spacial score (nSPS) is 14.6. The highest BCUT2D eigenvalue weighted by molar-refractivity contribution is 5.76. The van der Waals surface area contributed by atoms with Crippen molar-refractivity contribution in [1.29, 1.82) is 0 Å². The van der Waals surface area contributed by atoms with Gasteiger partial charge >= 0.3 is 6.18 Å². The zero-order valence-electron chi connectivity index (χ0n) is 22.0. The molecule has 2 heterocycles. The van der Waals surface area contributed by atoms with Crippen LogP contribution in [0, 0.1) is 27.7 Å². The summed E-state index contributed by atoms with van der Waals surface area (Å²) in [4.78, 5) is 25.2. The fraction of sp³-hybridized carbons (Fsp3) is 0.393. The number of aromatic nitrogens is 2. The molecule has 0 bridgehead atoms. The van der Waals surface area contributed by atoms with Gasteiger partial charge in [-0.2, -0.15) is 13.2 Å². The molecule has 0 radical (unpaired) electrons. The van der Waals surface area contributed by atoms with Crippen molar-refractivity contribution in [2.75, 3.05) is 37.6 Å². The second kappa shape index (κ2) is 11.0. The van der Waals surface area contributed by atoms with Crippen LogP contribution >= 0.6 is 0 Å². The lowest BCUT2D eigenvalue weighted by molar-refractivity contribution is -0.137. The van der Waals surface area contributed by atoms with Crippen molar-refractivity contribution < 1.29 is 22.7 Å². The van der Waals surface area contributed by atoms with Crippen LogP contribution in [0.2, 0.25) is 0 Å². The Morgan fingerprint density at radius 1 is 0.974 bits per heavy atom. The van der Waals surface area contributed by atoms with Gasteiger partial charge in [0.1, 0.15) is 18.2 Å². The van der Waals surface area contributed by atoms with Gasteiger partial charge in [-0.1, -0.05) is 24.3 Å². The highest BCUT2D eigenvalue weighted by Gasteiger charge is 2.31. The molecule has 0 aliphatic carbocycles. The fourth-order valence-corrected chi connectivity index (χ4v) is 4.71. The number of aryl methyl sites for hydroxylation is 4. The number of benzene rings is 2. The molecule has 1 aliphatic heterocycles. The molecule has 0 saturated carbocycles. The highest BCUT2D eigenvalue weighted by Crippen LogP contribution is 2.34. The number of ether oxygens (including phenoxy) is 1. The maximum atomic E-state index is 13.3. The van der Waals surface area contributed by atoms with Gasteiger partial charge in [0.2, 0.25) is 5.91 Å². The van der Waals surface area contributed by atoms with Crippen LogP contribution in [0.3, 0.4) is 0 Å². The third-order valence-corrected chi connectivity index (χ3v) is 6.84. The SMILES string of the molecule is Cc1ccc(C(F)(F)F)cc1OCc1c(C)nc(-c2c(C)cccc2C)nc1N1CCN(CC(N)=O)CC1. The smallest absolute Gasteiger partial charge is 0.416 e. The summed E-state index contributed by atoms with van der Waals surface area (Å²) in [6.45, 7) is 10.2. The lowest BCUT2D eigenvalue weighted by Gasteiger charge is -2.36. The molecule has 1 amide bonds. The van der Waals surface area contributed by atoms with Crippen molar-refractivity contribution >= 4 is 11.7 Å². The summed E-state index contributed by atoms with van der Waals surface area (Å²) >= 11 is 0. The van der Waals surface area contributed by atoms with Crippen molar-refractivity contribution in [2.45, 2.75) is 40.5 Å². The van der Waals surface area contributed by atoms with Gasteiger partial charge in [-0.15, -0.1) is 0 Å². The van der Waals surface area contributed by atoms with Crippen LogP contribution < -0.4 is 15.4 Å². The van der Waals surface area contributed by atoms with Crippen LogP contribution in [0.1, 0.15) is 33.5 Å². The second-order valence-corrected chi connectivity index (χ2v) is 9.70. The van der Waals surface area contributed by atoms with Crippen LogP contribution in [0.4, 0.5) is 19.0 Å². The number of primary amides is 1. The van der Waals surface area contributed by atoms with E-state index in [0.29, 0.717) is 54.6 Å². The molecule has 1 saturated heterocycles. The first kappa shape index (κ1) is 27.4. The first-order chi connectivity index (χ1) is 17.9. The van der Waals surface area contributed by atoms with Gasteiger partial charge in [-0.3, -0.25) is 9.69 Å². The average molecular weight is 528 g/mol. The van der Waals surface area contributed by atoms with Gasteiger partial charge < -0.3 is 15.4 Å². The lowest BCUT2D eigenvalue weighted by Crippen LogP contribution is -2.49. The Morgan fingerprint density at radius 3 is 2.24 bits per heavy atom. The van der Waals surface area contributed by atoms with Crippen LogP contribution in [-0.2, 0) is 17.6 Å². The van der Waals surface area contributed by atoms with E-state index in [1.54, 1.807) is 6.92 Å². The summed E-state index contributed by atoms with van der Waals surface area (Å²) in [7, 11) is 0. The molecule has 1 aromatic heterocycles. The Bertz CT molecular complexity index is 1310. The molecule has 38 heavy (non-hydrogen) atoms. The number of hydrogen-bond acceptors (Lipinski definition) is 6. The predicted octanol–water partition coefficient (Wildman–Crippen LogP) is 4.58. The molecule has 1 fully saturated rings. The number of alkyl halides is 3. The summed E-state index contributed by atoms with van der Waals surface area (Å²) in [6.07, 6.45) is -4.46. The number of amides is 1. The van der Waals surface area contributed by atoms with Crippen molar-refractivity contribution in [3.05, 3.63) is 69.9 Å². The van der Waals surface area contributed by atoms with Crippen LogP contribution in [-0.4, -0.2) is 53.5 Å². The number of rotatable bonds is 7. The van der Waals surface area contributed by atoms with Gasteiger partial charge in [0, 0.05) is 31.7 Å². The van der Waals surface area contributed by atoms with Crippen molar-refractivity contribution in [1.82, 2.24) is 14.9 Å². The van der Waals surface area contributed by atoms with Crippen molar-refractivity contribution in [3.8, 4) is 17.1 Å². The second-order valence-electron chi connectivity index (χ2n) is 9.70. The minimum atomic E-state index is -4.46. The van der Waals surface area contributed by atoms with Gasteiger partial charge in [0.15, 0.2) is 5.82 Å². The maximum absolute atomic E-state index is 13.3. The first-order valence-electron chi connectivity index (χ1n) is 12.4. The summed E-state index contributed by atoms with van der Waals surface area (Å²) in [5.74, 6) is 1.06. The van der Waals surface area contributed by atoms with Gasteiger partial charge in [0.05, 0.1) is 23.4 Å². The Kier molecular flexibility index (Phi) is 7.91. The molecule has 0 spiro atoms. The predicted molar refractivity (Wildman–Crippen MR) is 140 cm³/mol. The molecular weight excluding hydrogens is 495 g/mol. The number of hydrogen-bond donors (Lipinski definition) is 1. The largest absolute Gasteiger partial charge is 0.488 e. The van der Waals surface area contributed by atoms with Crippen LogP contribution in [0.25, 0.3) is 11.4 Å². The Hall–Kier alpha value is -3.66. The molecule has 10 heteroatoms. The topological polar surface area (TPSA) is 84.6 Å². The van der Waals surface area contributed by atoms with Gasteiger partial charge in [-0.05, 0) is 56.5 Å². The van der Waals surface area contributed by atoms with Crippen molar-refractivity contribution in [2.24, 2.45) is 5.73 Å². The van der Waals surface area contributed by atoms with E-state index in [1.807, 2.05) is 43.9 Å².